The number of thioether (sulfide) groups is 1. The number of benzene rings is 2. The molecule has 1 N–H and O–H groups in total. The second-order valence-corrected chi connectivity index (χ2v) is 8.86. The first-order valence-electron chi connectivity index (χ1n) is 9.14. The van der Waals surface area contributed by atoms with Crippen LogP contribution in [0, 0.1) is 0 Å². The second-order valence-electron chi connectivity index (χ2n) is 7.68. The van der Waals surface area contributed by atoms with Crippen molar-refractivity contribution in [3.05, 3.63) is 60.2 Å². The van der Waals surface area contributed by atoms with E-state index in [0.29, 0.717) is 23.2 Å². The van der Waals surface area contributed by atoms with Crippen molar-refractivity contribution in [2.45, 2.75) is 37.4 Å². The van der Waals surface area contributed by atoms with Gasteiger partial charge in [-0.1, -0.05) is 30.3 Å². The van der Waals surface area contributed by atoms with Gasteiger partial charge in [0.2, 0.25) is 4.87 Å². The minimum atomic E-state index is -4.76. The van der Waals surface area contributed by atoms with Gasteiger partial charge >= 0.3 is 12.2 Å². The van der Waals surface area contributed by atoms with E-state index < -0.39 is 22.6 Å². The van der Waals surface area contributed by atoms with Crippen LogP contribution in [-0.2, 0) is 4.87 Å². The normalized spacial score (nSPS) is 21.5. The Morgan fingerprint density at radius 2 is 1.63 bits per heavy atom. The van der Waals surface area contributed by atoms with E-state index in [9.17, 15) is 18.0 Å². The van der Waals surface area contributed by atoms with Gasteiger partial charge in [-0.3, -0.25) is 4.99 Å². The summed E-state index contributed by atoms with van der Waals surface area (Å²) in [7, 11) is 1.50. The van der Waals surface area contributed by atoms with Gasteiger partial charge in [0.25, 0.3) is 0 Å². The van der Waals surface area contributed by atoms with E-state index in [0.717, 1.165) is 4.90 Å². The van der Waals surface area contributed by atoms with Gasteiger partial charge in [0, 0.05) is 0 Å². The van der Waals surface area contributed by atoms with Crippen molar-refractivity contribution in [2.75, 3.05) is 12.0 Å². The monoisotopic (exact) mass is 437 g/mol. The Balaban J connectivity index is 2.16. The van der Waals surface area contributed by atoms with Crippen LogP contribution in [0.1, 0.15) is 26.3 Å². The summed E-state index contributed by atoms with van der Waals surface area (Å²) in [6.07, 6.45) is -4.76. The fraction of sp³-hybridized carbons (Fsp3) is 0.333. The van der Waals surface area contributed by atoms with E-state index in [-0.39, 0.29) is 10.7 Å². The molecule has 3 rings (SSSR count). The molecule has 0 saturated carbocycles. The molecule has 0 bridgehead atoms. The molecule has 2 aromatic rings. The summed E-state index contributed by atoms with van der Waals surface area (Å²) in [5.41, 5.74) is -0.405. The minimum Gasteiger partial charge on any atom is -0.497 e. The summed E-state index contributed by atoms with van der Waals surface area (Å²) in [5, 5.41) is 2.15. The molecule has 2 amide bonds. The topological polar surface area (TPSA) is 53.9 Å². The van der Waals surface area contributed by atoms with Crippen molar-refractivity contribution in [1.29, 1.82) is 0 Å². The maximum atomic E-state index is 14.4. The third kappa shape index (κ3) is 4.26. The summed E-state index contributed by atoms with van der Waals surface area (Å²) in [6.45, 7) is 5.28. The Bertz CT molecular complexity index is 941. The molecule has 0 aliphatic carbocycles. The molecule has 1 atom stereocenters. The largest absolute Gasteiger partial charge is 0.497 e. The molecular weight excluding hydrogens is 415 g/mol. The Labute approximate surface area is 177 Å². The average molecular weight is 437 g/mol. The molecule has 9 heteroatoms. The third-order valence-corrected chi connectivity index (χ3v) is 5.59. The van der Waals surface area contributed by atoms with Crippen LogP contribution >= 0.6 is 11.8 Å². The summed E-state index contributed by atoms with van der Waals surface area (Å²) in [4.78, 5) is 16.0. The lowest BCUT2D eigenvalue weighted by molar-refractivity contribution is -0.167. The molecule has 30 heavy (non-hydrogen) atoms. The molecule has 5 nitrogen and oxygen atoms in total. The number of carbonyl (C=O) groups is 1. The van der Waals surface area contributed by atoms with Crippen LogP contribution in [0.3, 0.4) is 0 Å². The molecule has 160 valence electrons. The molecule has 0 radical (unpaired) electrons. The lowest BCUT2D eigenvalue weighted by atomic mass is 10.1. The number of urea groups is 1. The first-order valence-corrected chi connectivity index (χ1v) is 9.96. The predicted molar refractivity (Wildman–Crippen MR) is 113 cm³/mol. The minimum absolute atomic E-state index is 0.0439. The number of carbonyl (C=O) groups excluding carboxylic acids is 1. The Hall–Kier alpha value is -2.68. The van der Waals surface area contributed by atoms with Gasteiger partial charge in [-0.2, -0.15) is 13.2 Å². The van der Waals surface area contributed by atoms with E-state index in [2.05, 4.69) is 10.3 Å². The number of nitrogens with zero attached hydrogens (tertiary/aromatic N) is 2. The number of nitrogens with one attached hydrogen (secondary N) is 1. The first kappa shape index (κ1) is 22.0. The van der Waals surface area contributed by atoms with Gasteiger partial charge in [0.15, 0.2) is 5.17 Å². The van der Waals surface area contributed by atoms with Crippen LogP contribution < -0.4 is 15.0 Å². The third-order valence-electron chi connectivity index (χ3n) is 4.26. The molecule has 1 saturated heterocycles. The van der Waals surface area contributed by atoms with E-state index in [1.54, 1.807) is 51.1 Å². The number of methoxy groups -OCH3 is 1. The van der Waals surface area contributed by atoms with Crippen molar-refractivity contribution in [3.63, 3.8) is 0 Å². The van der Waals surface area contributed by atoms with Crippen molar-refractivity contribution in [3.8, 4) is 5.75 Å². The van der Waals surface area contributed by atoms with Gasteiger partial charge in [-0.15, -0.1) is 0 Å². The quantitative estimate of drug-likeness (QED) is 0.687. The van der Waals surface area contributed by atoms with E-state index >= 15 is 0 Å². The summed E-state index contributed by atoms with van der Waals surface area (Å²) in [5.74, 6) is 0.562. The number of halogens is 3. The van der Waals surface area contributed by atoms with Crippen LogP contribution in [0.4, 0.5) is 23.7 Å². The van der Waals surface area contributed by atoms with E-state index in [4.69, 9.17) is 4.74 Å². The van der Waals surface area contributed by atoms with Gasteiger partial charge in [0.05, 0.1) is 18.3 Å². The van der Waals surface area contributed by atoms with Gasteiger partial charge in [-0.25, -0.2) is 9.69 Å². The van der Waals surface area contributed by atoms with Crippen molar-refractivity contribution in [1.82, 2.24) is 5.32 Å². The van der Waals surface area contributed by atoms with Crippen molar-refractivity contribution in [2.24, 2.45) is 4.99 Å². The second kappa shape index (κ2) is 7.86. The zero-order chi connectivity index (χ0) is 22.2. The van der Waals surface area contributed by atoms with E-state index in [1.165, 1.54) is 31.4 Å². The van der Waals surface area contributed by atoms with Gasteiger partial charge in [-0.05, 0) is 62.4 Å². The molecule has 1 aliphatic heterocycles. The molecule has 0 aromatic heterocycles. The van der Waals surface area contributed by atoms with Crippen LogP contribution in [0.5, 0.6) is 5.75 Å². The number of amides is 2. The smallest absolute Gasteiger partial charge is 0.425 e. The Morgan fingerprint density at radius 1 is 1.03 bits per heavy atom. The van der Waals surface area contributed by atoms with Crippen LogP contribution in [0.2, 0.25) is 0 Å². The molecular formula is C21H22F3N3O2S. The summed E-state index contributed by atoms with van der Waals surface area (Å²) in [6, 6.07) is 12.9. The van der Waals surface area contributed by atoms with Gasteiger partial charge in [0.1, 0.15) is 5.75 Å². The fourth-order valence-corrected chi connectivity index (χ4v) is 4.30. The number of amidine groups is 1. The highest BCUT2D eigenvalue weighted by atomic mass is 32.2. The molecule has 1 aliphatic rings. The van der Waals surface area contributed by atoms with Crippen LogP contribution in [-0.4, -0.2) is 30.0 Å². The number of anilines is 1. The number of hydrogen-bond acceptors (Lipinski definition) is 4. The highest BCUT2D eigenvalue weighted by Gasteiger charge is 2.62. The predicted octanol–water partition coefficient (Wildman–Crippen LogP) is 5.53. The number of alkyl halides is 3. The molecule has 0 unspecified atom stereocenters. The van der Waals surface area contributed by atoms with Crippen LogP contribution in [0.15, 0.2) is 59.6 Å². The molecule has 2 aromatic carbocycles. The van der Waals surface area contributed by atoms with Gasteiger partial charge < -0.3 is 10.1 Å². The summed E-state index contributed by atoms with van der Waals surface area (Å²) >= 11 is 0.470. The number of ether oxygens (including phenoxy) is 1. The number of hydrogen-bond donors (Lipinski definition) is 1. The lowest BCUT2D eigenvalue weighted by Crippen LogP contribution is -2.63. The summed E-state index contributed by atoms with van der Waals surface area (Å²) < 4.78 is 48.2. The molecule has 1 fully saturated rings. The van der Waals surface area contributed by atoms with Crippen molar-refractivity contribution < 1.29 is 22.7 Å². The molecule has 0 spiro atoms. The Kier molecular flexibility index (Phi) is 5.77. The first-order chi connectivity index (χ1) is 14.0. The number of rotatable bonds is 3. The zero-order valence-electron chi connectivity index (χ0n) is 16.9. The Morgan fingerprint density at radius 3 is 2.13 bits per heavy atom. The van der Waals surface area contributed by atoms with E-state index in [1.807, 2.05) is 0 Å². The lowest BCUT2D eigenvalue weighted by Gasteiger charge is -2.43. The maximum absolute atomic E-state index is 14.4. The standard InChI is InChI=1S/C21H22F3N3O2S/c1-19(2,3)26-18-27(15-10-12-16(29-4)13-11-15)17(28)25-20(30-18,21(22,23)24)14-8-6-5-7-9-14/h5-13H,1-4H3,(H,25,28)/t20-/m1/s1. The highest BCUT2D eigenvalue weighted by molar-refractivity contribution is 8.15. The maximum Gasteiger partial charge on any atom is 0.425 e. The fourth-order valence-electron chi connectivity index (χ4n) is 2.92. The molecule has 1 heterocycles. The van der Waals surface area contributed by atoms with Crippen molar-refractivity contribution >= 4 is 28.6 Å². The van der Waals surface area contributed by atoms with Crippen LogP contribution in [0.25, 0.3) is 0 Å². The average Bonchev–Trinajstić information content (AvgIpc) is 2.66. The SMILES string of the molecule is COc1ccc(N2C(=O)N[C@@](c3ccccc3)(C(F)(F)F)SC2=NC(C)(C)C)cc1. The zero-order valence-corrected chi connectivity index (χ0v) is 17.8. The number of aliphatic imine (C=N–C) groups is 1. The highest BCUT2D eigenvalue weighted by Crippen LogP contribution is 2.51.